The smallest absolute Gasteiger partial charge is 0.159 e. The van der Waals surface area contributed by atoms with Gasteiger partial charge in [-0.3, -0.25) is 45.0 Å². The van der Waals surface area contributed by atoms with Crippen molar-refractivity contribution in [2.45, 2.75) is 40.2 Å². The molecule has 18 heteroatoms. The van der Waals surface area contributed by atoms with Crippen LogP contribution in [0.25, 0.3) is 117 Å². The molecule has 0 saturated carbocycles. The first-order valence-corrected chi connectivity index (χ1v) is 26.6. The molecule has 13 aromatic rings. The first-order valence-electron chi connectivity index (χ1n) is 26.6. The lowest BCUT2D eigenvalue weighted by molar-refractivity contribution is 0.331. The number of H-pyrrole nitrogens is 4. The first-order chi connectivity index (χ1) is 39.6. The number of halogens is 2. The van der Waals surface area contributed by atoms with E-state index in [2.05, 4.69) is 104 Å². The molecular weight excluding hydrogens is 1020 g/mol. The number of aromatic nitrogens is 14. The van der Waals surface area contributed by atoms with Gasteiger partial charge in [0.1, 0.15) is 39.3 Å². The van der Waals surface area contributed by atoms with Crippen LogP contribution in [0.2, 0.25) is 0 Å². The van der Waals surface area contributed by atoms with Gasteiger partial charge in [0, 0.05) is 101 Å². The lowest BCUT2D eigenvalue weighted by Gasteiger charge is -2.14. The van der Waals surface area contributed by atoms with Crippen molar-refractivity contribution < 1.29 is 8.78 Å². The maximum absolute atomic E-state index is 15.3. The van der Waals surface area contributed by atoms with Gasteiger partial charge in [0.05, 0.1) is 34.3 Å². The minimum Gasteiger partial charge on any atom is -0.354 e. The van der Waals surface area contributed by atoms with Crippen LogP contribution < -0.4 is 5.32 Å². The Kier molecular flexibility index (Phi) is 14.4. The second-order valence-electron chi connectivity index (χ2n) is 20.4. The average Bonchev–Trinajstić information content (AvgIpc) is 4.54. The van der Waals surface area contributed by atoms with Crippen LogP contribution in [0.4, 0.5) is 14.5 Å². The lowest BCUT2D eigenvalue weighted by atomic mass is 10.0. The number of nitrogens with zero attached hydrogens (tertiary/aromatic N) is 11. The van der Waals surface area contributed by atoms with Gasteiger partial charge in [-0.15, -0.1) is 0 Å². The maximum atomic E-state index is 15.3. The van der Waals surface area contributed by atoms with Crippen LogP contribution in [0.15, 0.2) is 172 Å². The Morgan fingerprint density at radius 3 is 1.84 bits per heavy atom. The fourth-order valence-electron chi connectivity index (χ4n) is 9.86. The molecule has 400 valence electrons. The molecule has 10 aromatic heterocycles. The highest BCUT2D eigenvalue weighted by atomic mass is 19.1. The zero-order valence-corrected chi connectivity index (χ0v) is 44.6. The second-order valence-corrected chi connectivity index (χ2v) is 20.4. The standard InChI is InChI=1S/C31H21FN8.C28H23FN8.C4H10/c1-18(19-6-3-2-4-7-19)36-23-12-22(16-34-17-23)21-13-24-28(25(32)14-21)39-40-29(24)31-37-26-9-11-35-27(30(26)38-31)20-8-5-10-33-15-20;29-22-12-19(20-10-17(13-31-15-20)16-37-8-1-2-9-37)11-21-25(22)35-36-26(21)28-33-23-5-7-32-24(27(23)34-28)18-4-3-6-30-14-18;1-4(2)3/h2-17,36H,1H2,(H,37,38)(H,39,40);3-7,10-15H,1-2,8-9,16H2,(H,33,34)(H,35,36);4H,1-3H3. The highest BCUT2D eigenvalue weighted by Crippen LogP contribution is 2.36. The average molecular weight is 1070 g/mol. The summed E-state index contributed by atoms with van der Waals surface area (Å²) in [6, 6.07) is 32.0. The van der Waals surface area contributed by atoms with Crippen LogP contribution in [-0.2, 0) is 6.54 Å². The molecule has 1 fully saturated rings. The summed E-state index contributed by atoms with van der Waals surface area (Å²) in [5.74, 6) is 1.08. The monoisotopic (exact) mass is 1070 g/mol. The van der Waals surface area contributed by atoms with Crippen LogP contribution in [0, 0.1) is 17.6 Å². The number of pyridine rings is 6. The van der Waals surface area contributed by atoms with Crippen molar-refractivity contribution in [3.8, 4) is 67.8 Å². The normalized spacial score (nSPS) is 12.5. The van der Waals surface area contributed by atoms with Crippen molar-refractivity contribution in [2.75, 3.05) is 18.4 Å². The zero-order chi connectivity index (χ0) is 55.4. The predicted octanol–water partition coefficient (Wildman–Crippen LogP) is 13.9. The van der Waals surface area contributed by atoms with Crippen LogP contribution in [0.3, 0.4) is 0 Å². The predicted molar refractivity (Wildman–Crippen MR) is 315 cm³/mol. The van der Waals surface area contributed by atoms with Gasteiger partial charge in [-0.25, -0.2) is 18.7 Å². The van der Waals surface area contributed by atoms with Crippen molar-refractivity contribution in [2.24, 2.45) is 5.92 Å². The number of rotatable bonds is 11. The van der Waals surface area contributed by atoms with Gasteiger partial charge in [0.25, 0.3) is 0 Å². The summed E-state index contributed by atoms with van der Waals surface area (Å²) in [5, 5.41) is 19.0. The minimum atomic E-state index is -0.424. The first kappa shape index (κ1) is 51.6. The molecule has 0 atom stereocenters. The molecule has 11 heterocycles. The van der Waals surface area contributed by atoms with Gasteiger partial charge in [0.2, 0.25) is 0 Å². The van der Waals surface area contributed by atoms with E-state index in [9.17, 15) is 0 Å². The highest BCUT2D eigenvalue weighted by Gasteiger charge is 2.22. The Labute approximate surface area is 464 Å². The summed E-state index contributed by atoms with van der Waals surface area (Å²) < 4.78 is 30.5. The highest BCUT2D eigenvalue weighted by molar-refractivity contribution is 5.99. The molecule has 1 saturated heterocycles. The van der Waals surface area contributed by atoms with E-state index in [0.29, 0.717) is 61.6 Å². The largest absolute Gasteiger partial charge is 0.354 e. The number of aromatic amines is 4. The summed E-state index contributed by atoms with van der Waals surface area (Å²) >= 11 is 0. The van der Waals surface area contributed by atoms with Crippen molar-refractivity contribution in [3.05, 3.63) is 194 Å². The molecule has 0 amide bonds. The number of imidazole rings is 2. The Hall–Kier alpha value is -10.2. The fourth-order valence-corrected chi connectivity index (χ4v) is 9.86. The molecule has 1 aliphatic rings. The number of anilines is 1. The lowest BCUT2D eigenvalue weighted by Crippen LogP contribution is -2.18. The fraction of sp³-hybridized carbons (Fsp3) is 0.143. The van der Waals surface area contributed by atoms with Gasteiger partial charge < -0.3 is 15.3 Å². The van der Waals surface area contributed by atoms with E-state index in [1.165, 1.54) is 25.0 Å². The molecular formula is C63H54F2N16. The van der Waals surface area contributed by atoms with E-state index >= 15 is 8.78 Å². The third-order valence-corrected chi connectivity index (χ3v) is 13.6. The quantitative estimate of drug-likeness (QED) is 0.0820. The second kappa shape index (κ2) is 22.6. The van der Waals surface area contributed by atoms with Crippen molar-refractivity contribution in [3.63, 3.8) is 0 Å². The SMILES string of the molecule is C=C(Nc1cncc(-c2cc(F)c3[nH]nc(-c4nc5c(-c6cccnc6)nccc5[nH]4)c3c2)c1)c1ccccc1.CC(C)C.Fc1cc(-c2cncc(CN3CCCC3)c2)cc2c(-c3nc4c(-c5cccnc5)nccc4[nH]3)[nH]nc12. The van der Waals surface area contributed by atoms with Crippen molar-refractivity contribution in [1.29, 1.82) is 0 Å². The number of benzene rings is 3. The molecule has 16 nitrogen and oxygen atoms in total. The van der Waals surface area contributed by atoms with Gasteiger partial charge in [0.15, 0.2) is 17.5 Å². The number of likely N-dealkylation sites (tertiary alicyclic amines) is 1. The number of hydrogen-bond acceptors (Lipinski definition) is 12. The number of fused-ring (bicyclic) bond motifs is 4. The van der Waals surface area contributed by atoms with E-state index in [1.807, 2.05) is 91.1 Å². The van der Waals surface area contributed by atoms with Gasteiger partial charge in [-0.1, -0.05) is 57.7 Å². The topological polar surface area (TPSA) is 207 Å². The van der Waals surface area contributed by atoms with E-state index in [4.69, 9.17) is 9.97 Å². The van der Waals surface area contributed by atoms with E-state index in [0.717, 1.165) is 92.6 Å². The van der Waals surface area contributed by atoms with Crippen LogP contribution >= 0.6 is 0 Å². The van der Waals surface area contributed by atoms with Crippen LogP contribution in [-0.4, -0.2) is 88.2 Å². The number of nitrogens with one attached hydrogen (secondary N) is 5. The third-order valence-electron chi connectivity index (χ3n) is 13.6. The molecule has 14 rings (SSSR count). The Morgan fingerprint density at radius 2 is 1.17 bits per heavy atom. The van der Waals surface area contributed by atoms with Gasteiger partial charge >= 0.3 is 0 Å². The molecule has 5 N–H and O–H groups in total. The molecule has 0 unspecified atom stereocenters. The Morgan fingerprint density at radius 1 is 0.568 bits per heavy atom. The molecule has 1 aliphatic heterocycles. The van der Waals surface area contributed by atoms with E-state index in [-0.39, 0.29) is 5.52 Å². The van der Waals surface area contributed by atoms with E-state index in [1.54, 1.807) is 55.8 Å². The van der Waals surface area contributed by atoms with Crippen molar-refractivity contribution in [1.82, 2.24) is 75.1 Å². The van der Waals surface area contributed by atoms with Crippen LogP contribution in [0.1, 0.15) is 44.7 Å². The maximum Gasteiger partial charge on any atom is 0.159 e. The van der Waals surface area contributed by atoms with Gasteiger partial charge in [-0.05, 0) is 127 Å². The molecule has 0 radical (unpaired) electrons. The third kappa shape index (κ3) is 11.0. The summed E-state index contributed by atoms with van der Waals surface area (Å²) in [7, 11) is 0. The molecule has 0 bridgehead atoms. The zero-order valence-electron chi connectivity index (χ0n) is 44.6. The van der Waals surface area contributed by atoms with Crippen LogP contribution in [0.5, 0.6) is 0 Å². The molecule has 0 aliphatic carbocycles. The minimum absolute atomic E-state index is 0.269. The molecule has 81 heavy (non-hydrogen) atoms. The summed E-state index contributed by atoms with van der Waals surface area (Å²) in [6.07, 6.45) is 19.9. The van der Waals surface area contributed by atoms with E-state index < -0.39 is 11.6 Å². The summed E-state index contributed by atoms with van der Waals surface area (Å²) in [4.78, 5) is 45.0. The summed E-state index contributed by atoms with van der Waals surface area (Å²) in [6.45, 7) is 13.7. The molecule has 3 aromatic carbocycles. The Balaban J connectivity index is 0.000000151. The number of hydrogen-bond donors (Lipinski definition) is 5. The Bertz CT molecular complexity index is 4350. The van der Waals surface area contributed by atoms with Crippen molar-refractivity contribution >= 4 is 55.3 Å². The molecule has 0 spiro atoms. The summed E-state index contributed by atoms with van der Waals surface area (Å²) in [5.41, 5.74) is 14.4. The van der Waals surface area contributed by atoms with Gasteiger partial charge in [-0.2, -0.15) is 10.2 Å².